The van der Waals surface area contributed by atoms with E-state index in [4.69, 9.17) is 10.2 Å². The van der Waals surface area contributed by atoms with Crippen LogP contribution in [0.5, 0.6) is 0 Å². The summed E-state index contributed by atoms with van der Waals surface area (Å²) in [7, 11) is 7.11. The summed E-state index contributed by atoms with van der Waals surface area (Å²) in [5, 5.41) is 36.0. The van der Waals surface area contributed by atoms with Gasteiger partial charge in [0.15, 0.2) is 0 Å². The number of carboxylic acids is 2. The van der Waals surface area contributed by atoms with E-state index in [0.29, 0.717) is 13.1 Å². The molecule has 0 bridgehead atoms. The van der Waals surface area contributed by atoms with Crippen LogP contribution in [0.3, 0.4) is 0 Å². The van der Waals surface area contributed by atoms with E-state index in [1.54, 1.807) is 28.2 Å². The van der Waals surface area contributed by atoms with Gasteiger partial charge in [-0.15, -0.1) is 0 Å². The van der Waals surface area contributed by atoms with Crippen LogP contribution in [0.15, 0.2) is 0 Å². The Labute approximate surface area is 154 Å². The van der Waals surface area contributed by atoms with Crippen LogP contribution in [0.4, 0.5) is 0 Å². The molecule has 0 fully saturated rings. The van der Waals surface area contributed by atoms with Gasteiger partial charge >= 0.3 is 11.8 Å². The lowest BCUT2D eigenvalue weighted by atomic mass is 10.3. The number of carbonyl (C=O) groups is 4. The van der Waals surface area contributed by atoms with Crippen molar-refractivity contribution < 1.29 is 48.6 Å². The fourth-order valence-electron chi connectivity index (χ4n) is 1.02. The van der Waals surface area contributed by atoms with Crippen molar-refractivity contribution in [2.24, 2.45) is 0 Å². The number of carboxylic acid groups (broad SMARTS) is 2. The predicted molar refractivity (Wildman–Crippen MR) is 88.7 cm³/mol. The second-order valence-corrected chi connectivity index (χ2v) is 6.55. The van der Waals surface area contributed by atoms with Crippen LogP contribution in [0, 0.1) is 0 Å². The standard InChI is InChI=1S/2C6H14NO2.C4H6O4/c2*1-6(9)7(2,3)4-5-8;5-3(6)1-2-4(7)8/h2*8H,4-5H2,1-3H3;1-2H2,(H,5,6)(H,7,8)/q2*+1;/p-2. The van der Waals surface area contributed by atoms with Gasteiger partial charge in [-0.1, -0.05) is 0 Å². The highest BCUT2D eigenvalue weighted by atomic mass is 16.4. The molecule has 2 N–H and O–H groups in total. The van der Waals surface area contributed by atoms with E-state index in [0.717, 1.165) is 0 Å². The zero-order valence-electron chi connectivity index (χ0n) is 16.5. The first-order valence-electron chi connectivity index (χ1n) is 7.93. The number of carbonyl (C=O) groups excluding carboxylic acids is 4. The molecule has 0 rings (SSSR count). The lowest BCUT2D eigenvalue weighted by molar-refractivity contribution is -0.813. The molecule has 26 heavy (non-hydrogen) atoms. The molecule has 0 atom stereocenters. The Morgan fingerprint density at radius 2 is 0.923 bits per heavy atom. The molecule has 0 heterocycles. The Hall–Kier alpha value is -1.88. The second-order valence-electron chi connectivity index (χ2n) is 6.55. The van der Waals surface area contributed by atoms with Crippen molar-refractivity contribution in [3.05, 3.63) is 0 Å². The summed E-state index contributed by atoms with van der Waals surface area (Å²) >= 11 is 0. The van der Waals surface area contributed by atoms with Gasteiger partial charge in [0, 0.05) is 11.9 Å². The van der Waals surface area contributed by atoms with Gasteiger partial charge in [-0.25, -0.2) is 9.59 Å². The van der Waals surface area contributed by atoms with Gasteiger partial charge in [-0.2, -0.15) is 0 Å². The van der Waals surface area contributed by atoms with Crippen LogP contribution in [-0.4, -0.2) is 97.4 Å². The van der Waals surface area contributed by atoms with E-state index in [1.807, 2.05) is 0 Å². The zero-order chi connectivity index (χ0) is 21.6. The topological polar surface area (TPSA) is 155 Å². The molecule has 0 aliphatic rings. The summed E-state index contributed by atoms with van der Waals surface area (Å²) in [6.07, 6.45) is -0.940. The number of nitrogens with zero attached hydrogens (tertiary/aromatic N) is 2. The average Bonchev–Trinajstić information content (AvgIpc) is 2.46. The smallest absolute Gasteiger partial charge is 0.310 e. The number of hydrogen-bond acceptors (Lipinski definition) is 8. The number of aliphatic hydroxyl groups is 2. The first-order valence-corrected chi connectivity index (χ1v) is 7.93. The van der Waals surface area contributed by atoms with E-state index in [-0.39, 0.29) is 34.0 Å². The molecule has 0 spiro atoms. The highest BCUT2D eigenvalue weighted by molar-refractivity contribution is 5.72. The first kappa shape index (κ1) is 28.9. The molecule has 10 heteroatoms. The highest BCUT2D eigenvalue weighted by Crippen LogP contribution is 1.95. The monoisotopic (exact) mass is 380 g/mol. The minimum Gasteiger partial charge on any atom is -0.550 e. The molecule has 0 unspecified atom stereocenters. The fraction of sp³-hybridized carbons (Fsp3) is 0.750. The molecule has 10 nitrogen and oxygen atoms in total. The van der Waals surface area contributed by atoms with Gasteiger partial charge < -0.3 is 30.0 Å². The van der Waals surface area contributed by atoms with Crippen molar-refractivity contribution in [3.63, 3.8) is 0 Å². The lowest BCUT2D eigenvalue weighted by Crippen LogP contribution is -2.45. The van der Waals surface area contributed by atoms with Gasteiger partial charge in [0.2, 0.25) is 0 Å². The minimum absolute atomic E-state index is 0.0621. The lowest BCUT2D eigenvalue weighted by Gasteiger charge is -2.23. The van der Waals surface area contributed by atoms with Crippen LogP contribution >= 0.6 is 0 Å². The SMILES string of the molecule is CC(=O)[N+](C)(C)CCO.CC(=O)[N+](C)(C)CCO.O=C([O-])CCC(=O)[O-]. The van der Waals surface area contributed by atoms with E-state index < -0.39 is 24.8 Å². The molecule has 2 amide bonds. The highest BCUT2D eigenvalue weighted by Gasteiger charge is 2.20. The summed E-state index contributed by atoms with van der Waals surface area (Å²) in [5.41, 5.74) is 0. The van der Waals surface area contributed by atoms with E-state index in [2.05, 4.69) is 0 Å². The van der Waals surface area contributed by atoms with Crippen LogP contribution in [0.25, 0.3) is 0 Å². The maximum absolute atomic E-state index is 10.7. The van der Waals surface area contributed by atoms with Gasteiger partial charge in [0.1, 0.15) is 13.1 Å². The number of rotatable bonds is 7. The summed E-state index contributed by atoms with van der Waals surface area (Å²) in [6, 6.07) is 0. The first-order chi connectivity index (χ1) is 11.6. The van der Waals surface area contributed by atoms with Crippen molar-refractivity contribution in [1.82, 2.24) is 0 Å². The maximum atomic E-state index is 10.7. The number of likely N-dealkylation sites (N-methyl/N-ethyl adjacent to an activating group) is 2. The molecular weight excluding hydrogens is 348 g/mol. The zero-order valence-corrected chi connectivity index (χ0v) is 16.5. The fourth-order valence-corrected chi connectivity index (χ4v) is 1.02. The van der Waals surface area contributed by atoms with Crippen LogP contribution < -0.4 is 10.2 Å². The molecule has 154 valence electrons. The minimum atomic E-state index is -1.37. The molecular formula is C16H32N2O8. The van der Waals surface area contributed by atoms with E-state index in [9.17, 15) is 29.4 Å². The van der Waals surface area contributed by atoms with Gasteiger partial charge in [0.25, 0.3) is 0 Å². The van der Waals surface area contributed by atoms with Crippen LogP contribution in [0.1, 0.15) is 26.7 Å². The van der Waals surface area contributed by atoms with E-state index >= 15 is 0 Å². The Kier molecular flexibility index (Phi) is 15.9. The third kappa shape index (κ3) is 18.5. The van der Waals surface area contributed by atoms with Gasteiger partial charge in [-0.05, 0) is 12.8 Å². The number of aliphatic carboxylic acids is 2. The third-order valence-corrected chi connectivity index (χ3v) is 3.56. The maximum Gasteiger partial charge on any atom is 0.310 e. The van der Waals surface area contributed by atoms with E-state index in [1.165, 1.54) is 13.8 Å². The largest absolute Gasteiger partial charge is 0.550 e. The van der Waals surface area contributed by atoms with Crippen molar-refractivity contribution in [1.29, 1.82) is 0 Å². The number of amides is 2. The molecule has 0 aliphatic heterocycles. The summed E-state index contributed by atoms with van der Waals surface area (Å²) in [4.78, 5) is 40.4. The molecule has 0 saturated heterocycles. The number of quaternary nitrogens is 2. The van der Waals surface area contributed by atoms with Crippen molar-refractivity contribution in [2.45, 2.75) is 26.7 Å². The van der Waals surface area contributed by atoms with Gasteiger partial charge in [-0.3, -0.25) is 8.97 Å². The van der Waals surface area contributed by atoms with Crippen LogP contribution in [-0.2, 0) is 19.2 Å². The van der Waals surface area contributed by atoms with Crippen molar-refractivity contribution >= 4 is 23.8 Å². The van der Waals surface area contributed by atoms with Gasteiger partial charge in [0.05, 0.1) is 55.3 Å². The molecule has 0 aromatic rings. The molecule has 0 saturated carbocycles. The molecule has 0 radical (unpaired) electrons. The van der Waals surface area contributed by atoms with Crippen LogP contribution in [0.2, 0.25) is 0 Å². The average molecular weight is 380 g/mol. The Morgan fingerprint density at radius 1 is 0.692 bits per heavy atom. The van der Waals surface area contributed by atoms with Crippen molar-refractivity contribution in [2.75, 3.05) is 54.5 Å². The molecule has 0 aromatic carbocycles. The Bertz CT molecular complexity index is 419. The third-order valence-electron chi connectivity index (χ3n) is 3.56. The second kappa shape index (κ2) is 14.3. The number of hydrogen-bond donors (Lipinski definition) is 2. The molecule has 0 aromatic heterocycles. The Balaban J connectivity index is -0.000000306. The van der Waals surface area contributed by atoms with Crippen molar-refractivity contribution in [3.8, 4) is 0 Å². The molecule has 0 aliphatic carbocycles. The summed E-state index contributed by atoms with van der Waals surface area (Å²) < 4.78 is 0.521. The quantitative estimate of drug-likeness (QED) is 0.431. The number of aliphatic hydroxyl groups excluding tert-OH is 2. The Morgan fingerprint density at radius 3 is 1.00 bits per heavy atom. The summed E-state index contributed by atoms with van der Waals surface area (Å²) in [5.74, 6) is -2.59. The normalized spacial score (nSPS) is 10.6. The predicted octanol–water partition coefficient (Wildman–Crippen LogP) is -3.53. The summed E-state index contributed by atoms with van der Waals surface area (Å²) in [6.45, 7) is 4.16.